The first-order valence-electron chi connectivity index (χ1n) is 5.05. The van der Waals surface area contributed by atoms with Crippen molar-refractivity contribution in [1.29, 1.82) is 0 Å². The molecular formula is C11H11N3O2S. The van der Waals surface area contributed by atoms with Crippen LogP contribution in [0.15, 0.2) is 30.5 Å². The van der Waals surface area contributed by atoms with Crippen molar-refractivity contribution in [3.05, 3.63) is 51.0 Å². The van der Waals surface area contributed by atoms with Crippen LogP contribution < -0.4 is 5.32 Å². The summed E-state index contributed by atoms with van der Waals surface area (Å²) in [6.07, 6.45) is 2.56. The molecule has 2 aromatic rings. The van der Waals surface area contributed by atoms with E-state index in [0.717, 1.165) is 22.0 Å². The van der Waals surface area contributed by atoms with Crippen LogP contribution in [-0.4, -0.2) is 17.0 Å². The maximum Gasteiger partial charge on any atom is 0.269 e. The summed E-state index contributed by atoms with van der Waals surface area (Å²) in [4.78, 5) is 15.4. The molecule has 0 amide bonds. The van der Waals surface area contributed by atoms with E-state index in [1.54, 1.807) is 23.5 Å². The Balaban J connectivity index is 2.10. The fourth-order valence-corrected chi connectivity index (χ4v) is 2.24. The quantitative estimate of drug-likeness (QED) is 0.668. The molecule has 0 atom stereocenters. The van der Waals surface area contributed by atoms with E-state index in [-0.39, 0.29) is 5.69 Å². The van der Waals surface area contributed by atoms with Crippen LogP contribution in [0.1, 0.15) is 10.4 Å². The zero-order valence-corrected chi connectivity index (χ0v) is 10.0. The van der Waals surface area contributed by atoms with Gasteiger partial charge in [-0.05, 0) is 5.56 Å². The summed E-state index contributed by atoms with van der Waals surface area (Å²) in [5.74, 6) is 0. The Morgan fingerprint density at radius 3 is 2.65 bits per heavy atom. The standard InChI is InChI=1S/C11H11N3O2S/c1-12-11-13-7-10(17-11)6-8-2-4-9(5-3-8)14(15)16/h2-5,7H,6H2,1H3,(H,12,13). The van der Waals surface area contributed by atoms with E-state index >= 15 is 0 Å². The molecule has 0 spiro atoms. The van der Waals surface area contributed by atoms with E-state index in [4.69, 9.17) is 0 Å². The second-order valence-electron chi connectivity index (χ2n) is 3.48. The lowest BCUT2D eigenvalue weighted by atomic mass is 10.1. The fraction of sp³-hybridized carbons (Fsp3) is 0.182. The number of aromatic nitrogens is 1. The van der Waals surface area contributed by atoms with Gasteiger partial charge in [-0.1, -0.05) is 12.1 Å². The average Bonchev–Trinajstić information content (AvgIpc) is 2.77. The normalized spacial score (nSPS) is 10.2. The van der Waals surface area contributed by atoms with Crippen LogP contribution in [0.4, 0.5) is 10.8 Å². The van der Waals surface area contributed by atoms with Gasteiger partial charge in [-0.25, -0.2) is 4.98 Å². The van der Waals surface area contributed by atoms with Crippen LogP contribution in [-0.2, 0) is 6.42 Å². The van der Waals surface area contributed by atoms with Crippen LogP contribution in [0.25, 0.3) is 0 Å². The lowest BCUT2D eigenvalue weighted by Gasteiger charge is -1.97. The minimum absolute atomic E-state index is 0.119. The Morgan fingerprint density at radius 1 is 1.41 bits per heavy atom. The van der Waals surface area contributed by atoms with Gasteiger partial charge < -0.3 is 5.32 Å². The maximum absolute atomic E-state index is 10.5. The van der Waals surface area contributed by atoms with Crippen LogP contribution in [0.2, 0.25) is 0 Å². The monoisotopic (exact) mass is 249 g/mol. The van der Waals surface area contributed by atoms with Gasteiger partial charge in [-0.2, -0.15) is 0 Å². The fourth-order valence-electron chi connectivity index (χ4n) is 1.44. The topological polar surface area (TPSA) is 68.1 Å². The molecular weight excluding hydrogens is 238 g/mol. The van der Waals surface area contributed by atoms with Crippen LogP contribution in [0, 0.1) is 10.1 Å². The molecule has 0 aliphatic heterocycles. The Labute approximate surface area is 102 Å². The zero-order valence-electron chi connectivity index (χ0n) is 9.21. The van der Waals surface area contributed by atoms with E-state index in [9.17, 15) is 10.1 Å². The second-order valence-corrected chi connectivity index (χ2v) is 4.60. The molecule has 0 radical (unpaired) electrons. The van der Waals surface area contributed by atoms with Crippen molar-refractivity contribution in [3.63, 3.8) is 0 Å². The highest BCUT2D eigenvalue weighted by atomic mass is 32.1. The van der Waals surface area contributed by atoms with Gasteiger partial charge in [0.25, 0.3) is 5.69 Å². The maximum atomic E-state index is 10.5. The molecule has 1 N–H and O–H groups in total. The minimum Gasteiger partial charge on any atom is -0.365 e. The van der Waals surface area contributed by atoms with Gasteiger partial charge in [0.05, 0.1) is 4.92 Å². The first-order valence-corrected chi connectivity index (χ1v) is 5.86. The number of hydrogen-bond donors (Lipinski definition) is 1. The van der Waals surface area contributed by atoms with E-state index in [1.807, 2.05) is 13.2 Å². The van der Waals surface area contributed by atoms with E-state index < -0.39 is 4.92 Å². The van der Waals surface area contributed by atoms with E-state index in [2.05, 4.69) is 10.3 Å². The van der Waals surface area contributed by atoms with Gasteiger partial charge in [-0.15, -0.1) is 11.3 Å². The Morgan fingerprint density at radius 2 is 2.12 bits per heavy atom. The number of thiazole rings is 1. The lowest BCUT2D eigenvalue weighted by Crippen LogP contribution is -1.89. The molecule has 0 bridgehead atoms. The van der Waals surface area contributed by atoms with Crippen molar-refractivity contribution in [2.24, 2.45) is 0 Å². The first-order chi connectivity index (χ1) is 8.19. The van der Waals surface area contributed by atoms with Gasteiger partial charge in [-0.3, -0.25) is 10.1 Å². The van der Waals surface area contributed by atoms with E-state index in [1.165, 1.54) is 12.1 Å². The molecule has 88 valence electrons. The first kappa shape index (κ1) is 11.5. The van der Waals surface area contributed by atoms with Gasteiger partial charge in [0, 0.05) is 36.7 Å². The molecule has 6 heteroatoms. The van der Waals surface area contributed by atoms with Crippen molar-refractivity contribution >= 4 is 22.2 Å². The predicted octanol–water partition coefficient (Wildman–Crippen LogP) is 2.68. The average molecular weight is 249 g/mol. The summed E-state index contributed by atoms with van der Waals surface area (Å²) in [5, 5.41) is 14.4. The molecule has 0 saturated heterocycles. The highest BCUT2D eigenvalue weighted by molar-refractivity contribution is 7.15. The molecule has 17 heavy (non-hydrogen) atoms. The van der Waals surface area contributed by atoms with Crippen molar-refractivity contribution < 1.29 is 4.92 Å². The number of rotatable bonds is 4. The van der Waals surface area contributed by atoms with Crippen LogP contribution >= 0.6 is 11.3 Å². The molecule has 0 unspecified atom stereocenters. The van der Waals surface area contributed by atoms with Gasteiger partial charge in [0.2, 0.25) is 0 Å². The lowest BCUT2D eigenvalue weighted by molar-refractivity contribution is -0.384. The number of nitro groups is 1. The van der Waals surface area contributed by atoms with Crippen molar-refractivity contribution in [2.75, 3.05) is 12.4 Å². The molecule has 1 heterocycles. The summed E-state index contributed by atoms with van der Waals surface area (Å²) < 4.78 is 0. The number of anilines is 1. The van der Waals surface area contributed by atoms with Crippen LogP contribution in [0.5, 0.6) is 0 Å². The summed E-state index contributed by atoms with van der Waals surface area (Å²) in [6.45, 7) is 0. The smallest absolute Gasteiger partial charge is 0.269 e. The number of nitro benzene ring substituents is 1. The summed E-state index contributed by atoms with van der Waals surface area (Å²) in [5.41, 5.74) is 1.16. The third kappa shape index (κ3) is 2.79. The van der Waals surface area contributed by atoms with E-state index in [0.29, 0.717) is 0 Å². The Kier molecular flexibility index (Phi) is 3.34. The highest BCUT2D eigenvalue weighted by Crippen LogP contribution is 2.21. The number of hydrogen-bond acceptors (Lipinski definition) is 5. The molecule has 2 rings (SSSR count). The Hall–Kier alpha value is -1.95. The van der Waals surface area contributed by atoms with Gasteiger partial charge >= 0.3 is 0 Å². The molecule has 5 nitrogen and oxygen atoms in total. The SMILES string of the molecule is CNc1ncc(Cc2ccc([N+](=O)[O-])cc2)s1. The third-order valence-electron chi connectivity index (χ3n) is 2.29. The van der Waals surface area contributed by atoms with Gasteiger partial charge in [0.1, 0.15) is 0 Å². The second kappa shape index (κ2) is 4.92. The molecule has 1 aromatic carbocycles. The summed E-state index contributed by atoms with van der Waals surface area (Å²) in [6, 6.07) is 6.60. The molecule has 1 aromatic heterocycles. The largest absolute Gasteiger partial charge is 0.365 e. The van der Waals surface area contributed by atoms with Gasteiger partial charge in [0.15, 0.2) is 5.13 Å². The molecule has 0 saturated carbocycles. The van der Waals surface area contributed by atoms with Crippen molar-refractivity contribution in [1.82, 2.24) is 4.98 Å². The van der Waals surface area contributed by atoms with Crippen LogP contribution in [0.3, 0.4) is 0 Å². The molecule has 0 fully saturated rings. The Bertz CT molecular complexity index is 522. The summed E-state index contributed by atoms with van der Waals surface area (Å²) >= 11 is 1.58. The van der Waals surface area contributed by atoms with Crippen molar-refractivity contribution in [3.8, 4) is 0 Å². The number of non-ortho nitro benzene ring substituents is 1. The number of nitrogens with zero attached hydrogens (tertiary/aromatic N) is 2. The summed E-state index contributed by atoms with van der Waals surface area (Å²) in [7, 11) is 1.83. The number of nitrogens with one attached hydrogen (secondary N) is 1. The molecule has 0 aliphatic rings. The third-order valence-corrected chi connectivity index (χ3v) is 3.31. The predicted molar refractivity (Wildman–Crippen MR) is 67.6 cm³/mol. The molecule has 0 aliphatic carbocycles. The highest BCUT2D eigenvalue weighted by Gasteiger charge is 2.06. The number of benzene rings is 1. The zero-order chi connectivity index (χ0) is 12.3. The minimum atomic E-state index is -0.393. The van der Waals surface area contributed by atoms with Crippen molar-refractivity contribution in [2.45, 2.75) is 6.42 Å².